The Kier molecular flexibility index (Phi) is 8.61. The molecule has 0 saturated heterocycles. The Labute approximate surface area is 140 Å². The normalized spacial score (nSPS) is 11.8. The number of aliphatic hydroxyl groups excluding tert-OH is 1. The molecule has 0 radical (unpaired) electrons. The number of amides is 1. The molecule has 1 N–H and O–H groups in total. The van der Waals surface area contributed by atoms with Crippen molar-refractivity contribution in [3.63, 3.8) is 0 Å². The molecule has 0 fully saturated rings. The molecular weight excluding hydrogens is 322 g/mol. The van der Waals surface area contributed by atoms with Crippen molar-refractivity contribution in [2.24, 2.45) is 5.92 Å². The average Bonchev–Trinajstić information content (AvgIpc) is 2.56. The summed E-state index contributed by atoms with van der Waals surface area (Å²) in [7, 11) is 1.31. The van der Waals surface area contributed by atoms with E-state index in [1.54, 1.807) is 31.2 Å². The van der Waals surface area contributed by atoms with E-state index in [0.717, 1.165) is 0 Å². The molecule has 0 spiro atoms. The molecule has 6 nitrogen and oxygen atoms in total. The Hall–Kier alpha value is -1.63. The molecule has 1 unspecified atom stereocenters. The Balaban J connectivity index is 2.82. The summed E-state index contributed by atoms with van der Waals surface area (Å²) in [6, 6.07) is 6.74. The second kappa shape index (κ2) is 10.2. The van der Waals surface area contributed by atoms with Crippen LogP contribution in [0.4, 0.5) is 0 Å². The van der Waals surface area contributed by atoms with Crippen molar-refractivity contribution >= 4 is 23.5 Å². The molecule has 128 valence electrons. The van der Waals surface area contributed by atoms with Crippen molar-refractivity contribution in [1.82, 2.24) is 4.90 Å². The first-order valence-electron chi connectivity index (χ1n) is 7.31. The van der Waals surface area contributed by atoms with Gasteiger partial charge in [-0.2, -0.15) is 0 Å². The summed E-state index contributed by atoms with van der Waals surface area (Å²) >= 11 is 6.07. The molecule has 0 aliphatic carbocycles. The number of carbonyl (C=O) groups excluding carboxylic acids is 2. The van der Waals surface area contributed by atoms with Crippen LogP contribution in [0.1, 0.15) is 17.3 Å². The number of carbonyl (C=O) groups is 2. The van der Waals surface area contributed by atoms with Gasteiger partial charge < -0.3 is 19.5 Å². The van der Waals surface area contributed by atoms with E-state index in [4.69, 9.17) is 26.2 Å². The quantitative estimate of drug-likeness (QED) is 0.544. The van der Waals surface area contributed by atoms with Crippen LogP contribution in [0.3, 0.4) is 0 Å². The fourth-order valence-corrected chi connectivity index (χ4v) is 2.24. The summed E-state index contributed by atoms with van der Waals surface area (Å²) in [4.78, 5) is 25.8. The summed E-state index contributed by atoms with van der Waals surface area (Å²) in [5.41, 5.74) is 0.369. The Bertz CT molecular complexity index is 523. The molecule has 0 saturated carbocycles. The van der Waals surface area contributed by atoms with Crippen LogP contribution in [0.25, 0.3) is 0 Å². The highest BCUT2D eigenvalue weighted by Gasteiger charge is 2.23. The van der Waals surface area contributed by atoms with Gasteiger partial charge in [0.15, 0.2) is 0 Å². The topological polar surface area (TPSA) is 76.1 Å². The van der Waals surface area contributed by atoms with Crippen LogP contribution in [-0.4, -0.2) is 61.9 Å². The Morgan fingerprint density at radius 3 is 2.61 bits per heavy atom. The first-order chi connectivity index (χ1) is 11.0. The lowest BCUT2D eigenvalue weighted by molar-refractivity contribution is -0.145. The predicted molar refractivity (Wildman–Crippen MR) is 86.4 cm³/mol. The van der Waals surface area contributed by atoms with Gasteiger partial charge in [0, 0.05) is 13.1 Å². The molecular formula is C16H22ClNO5. The molecule has 23 heavy (non-hydrogen) atoms. The van der Waals surface area contributed by atoms with Crippen molar-refractivity contribution in [1.29, 1.82) is 0 Å². The highest BCUT2D eigenvalue weighted by Crippen LogP contribution is 2.18. The summed E-state index contributed by atoms with van der Waals surface area (Å²) in [5, 5.41) is 9.07. The molecule has 1 atom stereocenters. The fraction of sp³-hybridized carbons (Fsp3) is 0.500. The zero-order valence-electron chi connectivity index (χ0n) is 13.3. The molecule has 0 aromatic heterocycles. The van der Waals surface area contributed by atoms with Gasteiger partial charge in [-0.15, -0.1) is 0 Å². The van der Waals surface area contributed by atoms with E-state index < -0.39 is 11.9 Å². The van der Waals surface area contributed by atoms with Gasteiger partial charge in [-0.3, -0.25) is 9.59 Å². The van der Waals surface area contributed by atoms with E-state index in [-0.39, 0.29) is 38.8 Å². The third-order valence-corrected chi connectivity index (χ3v) is 3.56. The SMILES string of the molecule is COC(=O)C(C)CN(CCOCCO)C(=O)c1ccccc1Cl. The average molecular weight is 344 g/mol. The molecule has 0 aliphatic heterocycles. The second-order valence-electron chi connectivity index (χ2n) is 4.99. The summed E-state index contributed by atoms with van der Waals surface area (Å²) in [6.07, 6.45) is 0. The smallest absolute Gasteiger partial charge is 0.310 e. The van der Waals surface area contributed by atoms with Crippen LogP contribution in [0.15, 0.2) is 24.3 Å². The Morgan fingerprint density at radius 1 is 1.30 bits per heavy atom. The highest BCUT2D eigenvalue weighted by molar-refractivity contribution is 6.33. The monoisotopic (exact) mass is 343 g/mol. The first-order valence-corrected chi connectivity index (χ1v) is 7.69. The van der Waals surface area contributed by atoms with Crippen molar-refractivity contribution in [2.45, 2.75) is 6.92 Å². The van der Waals surface area contributed by atoms with E-state index in [2.05, 4.69) is 0 Å². The van der Waals surface area contributed by atoms with Crippen molar-refractivity contribution < 1.29 is 24.2 Å². The van der Waals surface area contributed by atoms with Gasteiger partial charge >= 0.3 is 5.97 Å². The second-order valence-corrected chi connectivity index (χ2v) is 5.40. The van der Waals surface area contributed by atoms with Gasteiger partial charge in [0.2, 0.25) is 0 Å². The maximum atomic E-state index is 12.7. The minimum absolute atomic E-state index is 0.0863. The minimum atomic E-state index is -0.468. The lowest BCUT2D eigenvalue weighted by Crippen LogP contribution is -2.39. The number of halogens is 1. The van der Waals surface area contributed by atoms with Gasteiger partial charge in [0.25, 0.3) is 5.91 Å². The van der Waals surface area contributed by atoms with Gasteiger partial charge in [-0.25, -0.2) is 0 Å². The molecule has 1 rings (SSSR count). The zero-order chi connectivity index (χ0) is 17.2. The van der Waals surface area contributed by atoms with E-state index in [1.165, 1.54) is 12.0 Å². The van der Waals surface area contributed by atoms with Gasteiger partial charge in [0.1, 0.15) is 0 Å². The predicted octanol–water partition coefficient (Wildman–Crippen LogP) is 1.60. The molecule has 0 heterocycles. The van der Waals surface area contributed by atoms with Crippen molar-refractivity contribution in [3.05, 3.63) is 34.9 Å². The number of ether oxygens (including phenoxy) is 2. The van der Waals surface area contributed by atoms with E-state index >= 15 is 0 Å². The van der Waals surface area contributed by atoms with E-state index in [1.807, 2.05) is 0 Å². The summed E-state index contributed by atoms with van der Waals surface area (Å²) in [5.74, 6) is -1.14. The third kappa shape index (κ3) is 6.17. The molecule has 7 heteroatoms. The number of benzene rings is 1. The van der Waals surface area contributed by atoms with Crippen LogP contribution in [0.5, 0.6) is 0 Å². The van der Waals surface area contributed by atoms with Crippen LogP contribution in [-0.2, 0) is 14.3 Å². The molecule has 0 aliphatic rings. The highest BCUT2D eigenvalue weighted by atomic mass is 35.5. The van der Waals surface area contributed by atoms with E-state index in [9.17, 15) is 9.59 Å². The lowest BCUT2D eigenvalue weighted by atomic mass is 10.1. The van der Waals surface area contributed by atoms with Crippen molar-refractivity contribution in [3.8, 4) is 0 Å². The number of hydrogen-bond donors (Lipinski definition) is 1. The maximum absolute atomic E-state index is 12.7. The minimum Gasteiger partial charge on any atom is -0.469 e. The van der Waals surface area contributed by atoms with E-state index in [0.29, 0.717) is 10.6 Å². The van der Waals surface area contributed by atoms with Crippen LogP contribution < -0.4 is 0 Å². The van der Waals surface area contributed by atoms with Gasteiger partial charge in [-0.1, -0.05) is 30.7 Å². The number of nitrogens with zero attached hydrogens (tertiary/aromatic N) is 1. The summed E-state index contributed by atoms with van der Waals surface area (Å²) < 4.78 is 9.90. The largest absolute Gasteiger partial charge is 0.469 e. The third-order valence-electron chi connectivity index (χ3n) is 3.23. The number of esters is 1. The van der Waals surface area contributed by atoms with Crippen LogP contribution in [0, 0.1) is 5.92 Å². The molecule has 0 bridgehead atoms. The number of methoxy groups -OCH3 is 1. The number of aliphatic hydroxyl groups is 1. The molecule has 1 aromatic carbocycles. The first kappa shape index (κ1) is 19.4. The van der Waals surface area contributed by atoms with Crippen LogP contribution >= 0.6 is 11.6 Å². The van der Waals surface area contributed by atoms with Gasteiger partial charge in [0.05, 0.1) is 43.4 Å². The summed E-state index contributed by atoms with van der Waals surface area (Å²) in [6.45, 7) is 2.53. The molecule has 1 aromatic rings. The zero-order valence-corrected chi connectivity index (χ0v) is 14.1. The number of rotatable bonds is 9. The van der Waals surface area contributed by atoms with Crippen LogP contribution in [0.2, 0.25) is 5.02 Å². The maximum Gasteiger partial charge on any atom is 0.310 e. The lowest BCUT2D eigenvalue weighted by Gasteiger charge is -2.25. The molecule has 1 amide bonds. The van der Waals surface area contributed by atoms with Gasteiger partial charge in [-0.05, 0) is 12.1 Å². The standard InChI is InChI=1S/C16H22ClNO5/c1-12(16(21)22-2)11-18(7-9-23-10-8-19)15(20)13-5-3-4-6-14(13)17/h3-6,12,19H,7-11H2,1-2H3. The van der Waals surface area contributed by atoms with Crippen molar-refractivity contribution in [2.75, 3.05) is 40.0 Å². The Morgan fingerprint density at radius 2 is 2.00 bits per heavy atom. The fourth-order valence-electron chi connectivity index (χ4n) is 2.03. The number of hydrogen-bond acceptors (Lipinski definition) is 5.